The van der Waals surface area contributed by atoms with E-state index in [0.717, 1.165) is 0 Å². The lowest BCUT2D eigenvalue weighted by Gasteiger charge is -2.26. The van der Waals surface area contributed by atoms with Crippen molar-refractivity contribution >= 4 is 35.1 Å². The Hall–Kier alpha value is -1.37. The highest BCUT2D eigenvalue weighted by Gasteiger charge is 2.50. The fourth-order valence-electron chi connectivity index (χ4n) is 2.57. The van der Waals surface area contributed by atoms with Gasteiger partial charge in [0.15, 0.2) is 6.04 Å². The molecule has 8 heteroatoms. The molecule has 21 heavy (non-hydrogen) atoms. The third-order valence-electron chi connectivity index (χ3n) is 3.77. The van der Waals surface area contributed by atoms with Crippen LogP contribution in [0.5, 0.6) is 0 Å². The monoisotopic (exact) mass is 334 g/mol. The van der Waals surface area contributed by atoms with Crippen molar-refractivity contribution in [3.63, 3.8) is 0 Å². The number of rotatable bonds is 3. The van der Waals surface area contributed by atoms with Crippen LogP contribution in [0, 0.1) is 5.82 Å². The average Bonchev–Trinajstić information content (AvgIpc) is 2.65. The van der Waals surface area contributed by atoms with Gasteiger partial charge in [0.05, 0.1) is 17.1 Å². The van der Waals surface area contributed by atoms with Crippen molar-refractivity contribution in [2.75, 3.05) is 20.6 Å². The number of amides is 3. The molecule has 5 nitrogen and oxygen atoms in total. The van der Waals surface area contributed by atoms with Crippen LogP contribution in [0.4, 0.5) is 9.18 Å². The highest BCUT2D eigenvalue weighted by molar-refractivity contribution is 6.42. The number of quaternary nitrogens is 1. The molecule has 0 radical (unpaired) electrons. The number of nitrogens with two attached hydrogens (primary N) is 1. The fourth-order valence-corrected chi connectivity index (χ4v) is 2.97. The smallest absolute Gasteiger partial charge is 0.368 e. The Morgan fingerprint density at radius 3 is 2.62 bits per heavy atom. The van der Waals surface area contributed by atoms with Crippen LogP contribution in [0.3, 0.4) is 0 Å². The minimum atomic E-state index is -0.669. The second kappa shape index (κ2) is 5.44. The summed E-state index contributed by atoms with van der Waals surface area (Å²) in [5, 5.41) is -0.0961. The first kappa shape index (κ1) is 16.0. The van der Waals surface area contributed by atoms with Gasteiger partial charge in [-0.3, -0.25) is 9.69 Å². The van der Waals surface area contributed by atoms with Gasteiger partial charge in [-0.1, -0.05) is 23.2 Å². The van der Waals surface area contributed by atoms with Gasteiger partial charge in [-0.05, 0) is 12.1 Å². The average molecular weight is 335 g/mol. The van der Waals surface area contributed by atoms with Gasteiger partial charge < -0.3 is 5.73 Å². The van der Waals surface area contributed by atoms with E-state index in [1.54, 1.807) is 7.05 Å². The molecule has 1 saturated heterocycles. The molecule has 114 valence electrons. The van der Waals surface area contributed by atoms with Crippen LogP contribution in [0.15, 0.2) is 12.1 Å². The van der Waals surface area contributed by atoms with E-state index in [9.17, 15) is 14.0 Å². The zero-order chi connectivity index (χ0) is 15.9. The third-order valence-corrected chi connectivity index (χ3v) is 4.67. The molecule has 1 heterocycles. The maximum atomic E-state index is 13.3. The number of hydrogen-bond donors (Lipinski definition) is 1. The van der Waals surface area contributed by atoms with Crippen LogP contribution in [0.2, 0.25) is 10.0 Å². The summed E-state index contributed by atoms with van der Waals surface area (Å²) in [5.41, 5.74) is 5.84. The van der Waals surface area contributed by atoms with E-state index in [2.05, 4.69) is 0 Å². The predicted octanol–water partition coefficient (Wildman–Crippen LogP) is 2.00. The summed E-state index contributed by atoms with van der Waals surface area (Å²) < 4.78 is 13.2. The number of carbonyl (C=O) groups excluding carboxylic acids is 2. The lowest BCUT2D eigenvalue weighted by atomic mass is 10.1. The number of nitrogens with zero attached hydrogens (tertiary/aromatic N) is 2. The van der Waals surface area contributed by atoms with Crippen LogP contribution in [0.25, 0.3) is 0 Å². The summed E-state index contributed by atoms with van der Waals surface area (Å²) in [4.78, 5) is 25.1. The second-order valence-electron chi connectivity index (χ2n) is 5.38. The molecule has 1 aliphatic rings. The normalized spacial score (nSPS) is 25.5. The van der Waals surface area contributed by atoms with E-state index in [-0.39, 0.29) is 33.6 Å². The quantitative estimate of drug-likeness (QED) is 0.678. The highest BCUT2D eigenvalue weighted by atomic mass is 35.5. The number of urea groups is 1. The number of halogens is 3. The van der Waals surface area contributed by atoms with Crippen molar-refractivity contribution in [2.24, 2.45) is 5.73 Å². The van der Waals surface area contributed by atoms with E-state index in [0.29, 0.717) is 5.56 Å². The Balaban J connectivity index is 2.33. The highest BCUT2D eigenvalue weighted by Crippen LogP contribution is 2.32. The van der Waals surface area contributed by atoms with Crippen LogP contribution in [-0.4, -0.2) is 48.0 Å². The van der Waals surface area contributed by atoms with Crippen molar-refractivity contribution in [3.8, 4) is 0 Å². The molecule has 1 aliphatic heterocycles. The van der Waals surface area contributed by atoms with Crippen LogP contribution in [-0.2, 0) is 11.3 Å². The molecule has 0 aliphatic carbocycles. The molecule has 0 bridgehead atoms. The topological polar surface area (TPSA) is 63.4 Å². The van der Waals surface area contributed by atoms with Gasteiger partial charge in [-0.2, -0.15) is 0 Å². The van der Waals surface area contributed by atoms with Crippen molar-refractivity contribution in [1.82, 2.24) is 4.90 Å². The maximum absolute atomic E-state index is 13.3. The van der Waals surface area contributed by atoms with Gasteiger partial charge >= 0.3 is 6.03 Å². The minimum absolute atomic E-state index is 0.0776. The summed E-state index contributed by atoms with van der Waals surface area (Å²) in [6.45, 7) is 0.432. The van der Waals surface area contributed by atoms with Gasteiger partial charge in [0.25, 0.3) is 0 Å². The summed E-state index contributed by atoms with van der Waals surface area (Å²) in [7, 11) is 3.20. The summed E-state index contributed by atoms with van der Waals surface area (Å²) in [5.74, 6) is -1.18. The molecule has 1 fully saturated rings. The minimum Gasteiger partial charge on any atom is -0.368 e. The van der Waals surface area contributed by atoms with E-state index in [4.69, 9.17) is 28.9 Å². The Labute approximate surface area is 131 Å². The van der Waals surface area contributed by atoms with Gasteiger partial charge in [-0.25, -0.2) is 13.7 Å². The lowest BCUT2D eigenvalue weighted by molar-refractivity contribution is -0.835. The van der Waals surface area contributed by atoms with E-state index in [1.807, 2.05) is 0 Å². The van der Waals surface area contributed by atoms with Crippen molar-refractivity contribution in [2.45, 2.75) is 12.6 Å². The first-order valence-electron chi connectivity index (χ1n) is 6.21. The molecular formula is C13H15Cl2FN3O2+. The number of benzene rings is 1. The molecule has 0 saturated carbocycles. The van der Waals surface area contributed by atoms with Crippen LogP contribution < -0.4 is 5.73 Å². The molecule has 2 N–H and O–H groups in total. The fraction of sp³-hybridized carbons (Fsp3) is 0.385. The Morgan fingerprint density at radius 1 is 1.48 bits per heavy atom. The molecule has 2 atom stereocenters. The van der Waals surface area contributed by atoms with Crippen LogP contribution in [0.1, 0.15) is 5.56 Å². The Kier molecular flexibility index (Phi) is 4.15. The van der Waals surface area contributed by atoms with Gasteiger partial charge in [-0.15, -0.1) is 0 Å². The van der Waals surface area contributed by atoms with Crippen molar-refractivity contribution in [1.29, 1.82) is 0 Å². The Bertz CT molecular complexity index is 626. The number of primary amides is 1. The first-order chi connectivity index (χ1) is 9.67. The molecule has 1 aromatic rings. The maximum Gasteiger partial charge on any atom is 0.419 e. The van der Waals surface area contributed by atoms with Crippen LogP contribution >= 0.6 is 23.2 Å². The van der Waals surface area contributed by atoms with Crippen molar-refractivity contribution in [3.05, 3.63) is 33.6 Å². The standard InChI is InChI=1S/C13H14Cl2FN3O2/c1-18-9(12(17)20)6-19(2,13(18)21)5-7-3-4-8(16)11(15)10(7)14/h3-4,9H,5-6H2,1-2H3,(H-,17,20)/p+1. The first-order valence-corrected chi connectivity index (χ1v) is 6.96. The van der Waals surface area contributed by atoms with E-state index in [1.165, 1.54) is 24.1 Å². The van der Waals surface area contributed by atoms with Gasteiger partial charge in [0.1, 0.15) is 18.9 Å². The summed E-state index contributed by atoms with van der Waals surface area (Å²) >= 11 is 11.8. The van der Waals surface area contributed by atoms with Gasteiger partial charge in [0.2, 0.25) is 5.91 Å². The molecule has 1 aromatic carbocycles. The van der Waals surface area contributed by atoms with E-state index >= 15 is 0 Å². The molecule has 2 unspecified atom stereocenters. The number of hydrogen-bond acceptors (Lipinski definition) is 2. The van der Waals surface area contributed by atoms with Gasteiger partial charge in [0, 0.05) is 12.6 Å². The number of likely N-dealkylation sites (N-methyl/N-ethyl adjacent to an activating group) is 2. The molecular weight excluding hydrogens is 320 g/mol. The summed E-state index contributed by atoms with van der Waals surface area (Å²) in [6.07, 6.45) is 0. The SMILES string of the molecule is CN1C(=O)[N+](C)(Cc2ccc(F)c(Cl)c2Cl)CC1C(N)=O. The predicted molar refractivity (Wildman–Crippen MR) is 77.3 cm³/mol. The lowest BCUT2D eigenvalue weighted by Crippen LogP contribution is -2.46. The Morgan fingerprint density at radius 2 is 2.10 bits per heavy atom. The van der Waals surface area contributed by atoms with Crippen molar-refractivity contribution < 1.29 is 18.5 Å². The molecule has 0 spiro atoms. The second-order valence-corrected chi connectivity index (χ2v) is 6.14. The molecule has 0 aromatic heterocycles. The molecule has 3 amide bonds. The zero-order valence-electron chi connectivity index (χ0n) is 11.6. The molecule has 2 rings (SSSR count). The van der Waals surface area contributed by atoms with E-state index < -0.39 is 17.8 Å². The largest absolute Gasteiger partial charge is 0.419 e. The third kappa shape index (κ3) is 2.71. The summed E-state index contributed by atoms with van der Waals surface area (Å²) in [6, 6.07) is 1.76. The zero-order valence-corrected chi connectivity index (χ0v) is 13.1. The number of carbonyl (C=O) groups is 2.